The monoisotopic (exact) mass is 305 g/mol. The molecule has 3 rings (SSSR count). The highest BCUT2D eigenvalue weighted by molar-refractivity contribution is 6.30. The van der Waals surface area contributed by atoms with Crippen LogP contribution in [0.15, 0.2) is 42.5 Å². The Bertz CT molecular complexity index is 657. The third-order valence-corrected chi connectivity index (χ3v) is 3.09. The summed E-state index contributed by atoms with van der Waals surface area (Å²) in [5.74, 6) is 1.58. The Kier molecular flexibility index (Phi) is 3.83. The number of hydrogen-bond acceptors (Lipinski definition) is 4. The van der Waals surface area contributed by atoms with Gasteiger partial charge in [-0.1, -0.05) is 11.6 Å². The number of fused-ring (bicyclic) bond motifs is 1. The number of halogens is 1. The molecule has 0 saturated carbocycles. The molecule has 0 atom stereocenters. The Hall–Kier alpha value is -2.40. The number of ether oxygens (including phenoxy) is 3. The van der Waals surface area contributed by atoms with Gasteiger partial charge in [-0.2, -0.15) is 0 Å². The molecule has 108 valence electrons. The second-order valence-electron chi connectivity index (χ2n) is 4.36. The van der Waals surface area contributed by atoms with Gasteiger partial charge >= 0.3 is 0 Å². The van der Waals surface area contributed by atoms with Gasteiger partial charge in [0.2, 0.25) is 6.79 Å². The molecule has 2 aromatic rings. The molecule has 1 amide bonds. The number of carbonyl (C=O) groups excluding carboxylic acids is 1. The molecule has 0 radical (unpaired) electrons. The SMILES string of the molecule is O=C(COc1ccc2c(c1)OCO2)Nc1ccc(Cl)cc1. The van der Waals surface area contributed by atoms with Gasteiger partial charge in [0, 0.05) is 16.8 Å². The molecule has 0 spiro atoms. The van der Waals surface area contributed by atoms with E-state index in [9.17, 15) is 4.79 Å². The van der Waals surface area contributed by atoms with Crippen molar-refractivity contribution in [2.45, 2.75) is 0 Å². The third-order valence-electron chi connectivity index (χ3n) is 2.84. The summed E-state index contributed by atoms with van der Waals surface area (Å²) in [6.45, 7) is 0.109. The minimum absolute atomic E-state index is 0.0950. The molecule has 0 unspecified atom stereocenters. The lowest BCUT2D eigenvalue weighted by molar-refractivity contribution is -0.118. The summed E-state index contributed by atoms with van der Waals surface area (Å²) in [5.41, 5.74) is 0.665. The number of carbonyl (C=O) groups is 1. The van der Waals surface area contributed by atoms with Gasteiger partial charge < -0.3 is 19.5 Å². The maximum Gasteiger partial charge on any atom is 0.262 e. The first-order valence-corrected chi connectivity index (χ1v) is 6.66. The van der Waals surface area contributed by atoms with Crippen molar-refractivity contribution < 1.29 is 19.0 Å². The average molecular weight is 306 g/mol. The van der Waals surface area contributed by atoms with Crippen molar-refractivity contribution in [1.29, 1.82) is 0 Å². The minimum Gasteiger partial charge on any atom is -0.484 e. The first kappa shape index (κ1) is 13.6. The first-order chi connectivity index (χ1) is 10.2. The maximum absolute atomic E-state index is 11.8. The van der Waals surface area contributed by atoms with Gasteiger partial charge in [0.15, 0.2) is 18.1 Å². The molecule has 1 aliphatic heterocycles. The molecular formula is C15H12ClNO4. The van der Waals surface area contributed by atoms with E-state index in [2.05, 4.69) is 5.32 Å². The van der Waals surface area contributed by atoms with Crippen LogP contribution in [0, 0.1) is 0 Å². The Morgan fingerprint density at radius 1 is 1.14 bits per heavy atom. The topological polar surface area (TPSA) is 56.8 Å². The standard InChI is InChI=1S/C15H12ClNO4/c16-10-1-3-11(4-2-10)17-15(18)8-19-12-5-6-13-14(7-12)21-9-20-13/h1-7H,8-9H2,(H,17,18). The number of nitrogens with one attached hydrogen (secondary N) is 1. The molecule has 2 aromatic carbocycles. The summed E-state index contributed by atoms with van der Waals surface area (Å²) in [6, 6.07) is 12.0. The van der Waals surface area contributed by atoms with Gasteiger partial charge in [0.1, 0.15) is 5.75 Å². The molecule has 0 bridgehead atoms. The Morgan fingerprint density at radius 2 is 1.90 bits per heavy atom. The quantitative estimate of drug-likeness (QED) is 0.943. The number of anilines is 1. The summed E-state index contributed by atoms with van der Waals surface area (Å²) in [6.07, 6.45) is 0. The molecule has 0 saturated heterocycles. The summed E-state index contributed by atoms with van der Waals surface area (Å²) < 4.78 is 15.9. The van der Waals surface area contributed by atoms with Crippen molar-refractivity contribution in [3.05, 3.63) is 47.5 Å². The molecule has 0 fully saturated rings. The van der Waals surface area contributed by atoms with Crippen LogP contribution in [0.2, 0.25) is 5.02 Å². The van der Waals surface area contributed by atoms with Crippen LogP contribution in [0.4, 0.5) is 5.69 Å². The van der Waals surface area contributed by atoms with Gasteiger partial charge in [-0.15, -0.1) is 0 Å². The van der Waals surface area contributed by atoms with Crippen LogP contribution in [0.3, 0.4) is 0 Å². The van der Waals surface area contributed by atoms with Crippen molar-refractivity contribution in [2.24, 2.45) is 0 Å². The lowest BCUT2D eigenvalue weighted by Gasteiger charge is -2.08. The fourth-order valence-electron chi connectivity index (χ4n) is 1.85. The number of hydrogen-bond donors (Lipinski definition) is 1. The number of amides is 1. The van der Waals surface area contributed by atoms with Crippen LogP contribution in [0.25, 0.3) is 0 Å². The fourth-order valence-corrected chi connectivity index (χ4v) is 1.97. The molecule has 1 aliphatic rings. The Morgan fingerprint density at radius 3 is 2.71 bits per heavy atom. The van der Waals surface area contributed by atoms with Gasteiger partial charge in [0.25, 0.3) is 5.91 Å². The van der Waals surface area contributed by atoms with Gasteiger partial charge in [-0.25, -0.2) is 0 Å². The number of rotatable bonds is 4. The van der Waals surface area contributed by atoms with Crippen LogP contribution in [0.1, 0.15) is 0 Å². The molecular weight excluding hydrogens is 294 g/mol. The minimum atomic E-state index is -0.255. The van der Waals surface area contributed by atoms with E-state index in [0.717, 1.165) is 0 Å². The highest BCUT2D eigenvalue weighted by Gasteiger charge is 2.14. The van der Waals surface area contributed by atoms with Crippen LogP contribution in [-0.2, 0) is 4.79 Å². The highest BCUT2D eigenvalue weighted by Crippen LogP contribution is 2.35. The Labute approximate surface area is 126 Å². The summed E-state index contributed by atoms with van der Waals surface area (Å²) in [7, 11) is 0. The lowest BCUT2D eigenvalue weighted by Crippen LogP contribution is -2.20. The van der Waals surface area contributed by atoms with Gasteiger partial charge in [-0.3, -0.25) is 4.79 Å². The van der Waals surface area contributed by atoms with Crippen LogP contribution >= 0.6 is 11.6 Å². The van der Waals surface area contributed by atoms with Crippen LogP contribution < -0.4 is 19.5 Å². The van der Waals surface area contributed by atoms with Crippen molar-refractivity contribution >= 4 is 23.2 Å². The second kappa shape index (κ2) is 5.93. The largest absolute Gasteiger partial charge is 0.484 e. The van der Waals surface area contributed by atoms with Crippen molar-refractivity contribution in [3.8, 4) is 17.2 Å². The molecule has 21 heavy (non-hydrogen) atoms. The van der Waals surface area contributed by atoms with E-state index in [0.29, 0.717) is 28.0 Å². The summed E-state index contributed by atoms with van der Waals surface area (Å²) >= 11 is 5.78. The van der Waals surface area contributed by atoms with E-state index in [1.54, 1.807) is 42.5 Å². The molecule has 1 N–H and O–H groups in total. The van der Waals surface area contributed by atoms with E-state index >= 15 is 0 Å². The average Bonchev–Trinajstić information content (AvgIpc) is 2.95. The maximum atomic E-state index is 11.8. The third kappa shape index (κ3) is 3.38. The molecule has 5 nitrogen and oxygen atoms in total. The van der Waals surface area contributed by atoms with E-state index in [1.807, 2.05) is 0 Å². The van der Waals surface area contributed by atoms with Crippen molar-refractivity contribution in [3.63, 3.8) is 0 Å². The van der Waals surface area contributed by atoms with Gasteiger partial charge in [-0.05, 0) is 36.4 Å². The van der Waals surface area contributed by atoms with Gasteiger partial charge in [0.05, 0.1) is 0 Å². The number of benzene rings is 2. The smallest absolute Gasteiger partial charge is 0.262 e. The lowest BCUT2D eigenvalue weighted by atomic mass is 10.3. The predicted molar refractivity (Wildman–Crippen MR) is 78.1 cm³/mol. The summed E-state index contributed by atoms with van der Waals surface area (Å²) in [5, 5.41) is 3.33. The molecule has 0 aliphatic carbocycles. The molecule has 1 heterocycles. The Balaban J connectivity index is 1.55. The zero-order chi connectivity index (χ0) is 14.7. The van der Waals surface area contributed by atoms with E-state index < -0.39 is 0 Å². The zero-order valence-corrected chi connectivity index (χ0v) is 11.7. The van der Waals surface area contributed by atoms with E-state index in [1.165, 1.54) is 0 Å². The highest BCUT2D eigenvalue weighted by atomic mass is 35.5. The van der Waals surface area contributed by atoms with Crippen molar-refractivity contribution in [2.75, 3.05) is 18.7 Å². The second-order valence-corrected chi connectivity index (χ2v) is 4.80. The fraction of sp³-hybridized carbons (Fsp3) is 0.133. The molecule has 0 aromatic heterocycles. The first-order valence-electron chi connectivity index (χ1n) is 6.28. The van der Waals surface area contributed by atoms with E-state index in [4.69, 9.17) is 25.8 Å². The molecule has 6 heteroatoms. The summed E-state index contributed by atoms with van der Waals surface area (Å²) in [4.78, 5) is 11.8. The zero-order valence-electron chi connectivity index (χ0n) is 11.0. The normalized spacial score (nSPS) is 12.0. The van der Waals surface area contributed by atoms with Crippen LogP contribution in [0.5, 0.6) is 17.2 Å². The predicted octanol–water partition coefficient (Wildman–Crippen LogP) is 3.09. The van der Waals surface area contributed by atoms with E-state index in [-0.39, 0.29) is 19.3 Å². The van der Waals surface area contributed by atoms with Crippen LogP contribution in [-0.4, -0.2) is 19.3 Å². The van der Waals surface area contributed by atoms with Crippen molar-refractivity contribution in [1.82, 2.24) is 0 Å².